The summed E-state index contributed by atoms with van der Waals surface area (Å²) in [6, 6.07) is -1.67. The molecule has 0 aliphatic carbocycles. The number of rotatable bonds is 5. The number of amides is 3. The van der Waals surface area contributed by atoms with E-state index in [1.54, 1.807) is 34.6 Å². The van der Waals surface area contributed by atoms with Crippen molar-refractivity contribution in [1.82, 2.24) is 10.6 Å². The maximum Gasteiger partial charge on any atom is 0.326 e. The van der Waals surface area contributed by atoms with E-state index in [2.05, 4.69) is 10.6 Å². The molecule has 110 valence electrons. The molecule has 0 saturated carbocycles. The van der Waals surface area contributed by atoms with Gasteiger partial charge in [-0.15, -0.1) is 0 Å². The minimum Gasteiger partial charge on any atom is -0.480 e. The van der Waals surface area contributed by atoms with Crippen molar-refractivity contribution in [2.75, 3.05) is 6.54 Å². The highest BCUT2D eigenvalue weighted by Crippen LogP contribution is 2.19. The van der Waals surface area contributed by atoms with Crippen LogP contribution in [-0.2, 0) is 9.59 Å². The SMILES string of the molecule is CC(C)(CNC(=O)N[C@@H](C(=O)O)C(C)(C)C)C(N)=O. The Balaban J connectivity index is 4.54. The molecular weight excluding hydrogens is 250 g/mol. The largest absolute Gasteiger partial charge is 0.480 e. The molecule has 0 aromatic heterocycles. The summed E-state index contributed by atoms with van der Waals surface area (Å²) in [6.45, 7) is 8.34. The molecule has 0 aromatic carbocycles. The Kier molecular flexibility index (Phi) is 5.34. The number of carbonyl (C=O) groups excluding carboxylic acids is 2. The van der Waals surface area contributed by atoms with Crippen molar-refractivity contribution in [3.8, 4) is 0 Å². The highest BCUT2D eigenvalue weighted by molar-refractivity contribution is 5.84. The number of nitrogens with one attached hydrogen (secondary N) is 2. The second-order valence-corrected chi connectivity index (χ2v) is 6.21. The van der Waals surface area contributed by atoms with Gasteiger partial charge >= 0.3 is 12.0 Å². The maximum atomic E-state index is 11.6. The molecule has 0 spiro atoms. The maximum absolute atomic E-state index is 11.6. The van der Waals surface area contributed by atoms with Crippen LogP contribution in [0.5, 0.6) is 0 Å². The number of primary amides is 1. The number of aliphatic carboxylic acids is 1. The predicted octanol–water partition coefficient (Wildman–Crippen LogP) is 0.296. The van der Waals surface area contributed by atoms with Crippen molar-refractivity contribution in [1.29, 1.82) is 0 Å². The van der Waals surface area contributed by atoms with Crippen molar-refractivity contribution in [3.05, 3.63) is 0 Å². The highest BCUT2D eigenvalue weighted by atomic mass is 16.4. The van der Waals surface area contributed by atoms with Gasteiger partial charge in [0.25, 0.3) is 0 Å². The molecule has 0 fully saturated rings. The van der Waals surface area contributed by atoms with E-state index < -0.39 is 34.8 Å². The van der Waals surface area contributed by atoms with Gasteiger partial charge in [-0.3, -0.25) is 4.79 Å². The van der Waals surface area contributed by atoms with Gasteiger partial charge in [-0.2, -0.15) is 0 Å². The average Bonchev–Trinajstić information content (AvgIpc) is 2.20. The molecule has 0 rings (SSSR count). The van der Waals surface area contributed by atoms with Crippen molar-refractivity contribution < 1.29 is 19.5 Å². The molecule has 0 saturated heterocycles. The van der Waals surface area contributed by atoms with Gasteiger partial charge < -0.3 is 21.5 Å². The summed E-state index contributed by atoms with van der Waals surface area (Å²) < 4.78 is 0. The Labute approximate surface area is 112 Å². The van der Waals surface area contributed by atoms with Crippen LogP contribution < -0.4 is 16.4 Å². The van der Waals surface area contributed by atoms with E-state index in [4.69, 9.17) is 10.8 Å². The monoisotopic (exact) mass is 273 g/mol. The van der Waals surface area contributed by atoms with Gasteiger partial charge in [-0.05, 0) is 19.3 Å². The van der Waals surface area contributed by atoms with Crippen LogP contribution in [0.1, 0.15) is 34.6 Å². The van der Waals surface area contributed by atoms with Gasteiger partial charge in [-0.25, -0.2) is 9.59 Å². The second-order valence-electron chi connectivity index (χ2n) is 6.21. The lowest BCUT2D eigenvalue weighted by Gasteiger charge is -2.28. The fourth-order valence-corrected chi connectivity index (χ4v) is 1.22. The van der Waals surface area contributed by atoms with Gasteiger partial charge in [0.05, 0.1) is 5.41 Å². The first kappa shape index (κ1) is 17.2. The number of hydrogen-bond acceptors (Lipinski definition) is 3. The molecule has 0 aromatic rings. The van der Waals surface area contributed by atoms with Crippen molar-refractivity contribution in [3.63, 3.8) is 0 Å². The average molecular weight is 273 g/mol. The Morgan fingerprint density at radius 2 is 1.63 bits per heavy atom. The lowest BCUT2D eigenvalue weighted by molar-refractivity contribution is -0.142. The van der Waals surface area contributed by atoms with Crippen LogP contribution >= 0.6 is 0 Å². The first-order valence-corrected chi connectivity index (χ1v) is 5.95. The van der Waals surface area contributed by atoms with E-state index in [0.29, 0.717) is 0 Å². The molecule has 0 radical (unpaired) electrons. The number of hydrogen-bond donors (Lipinski definition) is 4. The van der Waals surface area contributed by atoms with Crippen molar-refractivity contribution >= 4 is 17.9 Å². The van der Waals surface area contributed by atoms with Gasteiger partial charge in [0, 0.05) is 6.54 Å². The third-order valence-corrected chi connectivity index (χ3v) is 2.75. The zero-order chi connectivity index (χ0) is 15.4. The van der Waals surface area contributed by atoms with E-state index in [1.165, 1.54) is 0 Å². The molecule has 0 unspecified atom stereocenters. The Hall–Kier alpha value is -1.79. The standard InChI is InChI=1S/C12H23N3O4/c1-11(2,3)7(8(16)17)15-10(19)14-6-12(4,5)9(13)18/h7H,6H2,1-5H3,(H2,13,18)(H,16,17)(H2,14,15,19)/t7-/m0/s1. The molecule has 1 atom stereocenters. The van der Waals surface area contributed by atoms with Crippen LogP contribution in [0.4, 0.5) is 4.79 Å². The molecule has 0 aliphatic heterocycles. The Bertz CT molecular complexity index is 372. The topological polar surface area (TPSA) is 122 Å². The Morgan fingerprint density at radius 3 is 1.95 bits per heavy atom. The van der Waals surface area contributed by atoms with Crippen LogP contribution in [0.15, 0.2) is 0 Å². The molecule has 0 aliphatic rings. The third-order valence-electron chi connectivity index (χ3n) is 2.75. The predicted molar refractivity (Wildman–Crippen MR) is 70.4 cm³/mol. The number of nitrogens with two attached hydrogens (primary N) is 1. The molecule has 7 heteroatoms. The summed E-state index contributed by atoms with van der Waals surface area (Å²) in [5.74, 6) is -1.66. The number of urea groups is 1. The van der Waals surface area contributed by atoms with Gasteiger partial charge in [0.1, 0.15) is 6.04 Å². The van der Waals surface area contributed by atoms with E-state index in [-0.39, 0.29) is 6.54 Å². The van der Waals surface area contributed by atoms with Gasteiger partial charge in [0.15, 0.2) is 0 Å². The summed E-state index contributed by atoms with van der Waals surface area (Å²) in [5, 5.41) is 13.9. The Morgan fingerprint density at radius 1 is 1.16 bits per heavy atom. The van der Waals surface area contributed by atoms with Crippen molar-refractivity contribution in [2.24, 2.45) is 16.6 Å². The summed E-state index contributed by atoms with van der Waals surface area (Å²) in [7, 11) is 0. The summed E-state index contributed by atoms with van der Waals surface area (Å²) in [6.07, 6.45) is 0. The zero-order valence-electron chi connectivity index (χ0n) is 12.0. The van der Waals surface area contributed by atoms with E-state index in [9.17, 15) is 14.4 Å². The molecule has 5 N–H and O–H groups in total. The molecule has 19 heavy (non-hydrogen) atoms. The summed E-state index contributed by atoms with van der Waals surface area (Å²) in [4.78, 5) is 33.8. The minimum absolute atomic E-state index is 0.0324. The number of carbonyl (C=O) groups is 3. The van der Waals surface area contributed by atoms with Gasteiger partial charge in [0.2, 0.25) is 5.91 Å². The van der Waals surface area contributed by atoms with E-state index in [0.717, 1.165) is 0 Å². The quantitative estimate of drug-likeness (QED) is 0.575. The fourth-order valence-electron chi connectivity index (χ4n) is 1.22. The smallest absolute Gasteiger partial charge is 0.326 e. The number of carboxylic acid groups (broad SMARTS) is 1. The zero-order valence-corrected chi connectivity index (χ0v) is 12.0. The van der Waals surface area contributed by atoms with Gasteiger partial charge in [-0.1, -0.05) is 20.8 Å². The lowest BCUT2D eigenvalue weighted by Crippen LogP contribution is -2.54. The number of carboxylic acids is 1. The van der Waals surface area contributed by atoms with Crippen LogP contribution in [0.3, 0.4) is 0 Å². The lowest BCUT2D eigenvalue weighted by atomic mass is 9.87. The van der Waals surface area contributed by atoms with E-state index in [1.807, 2.05) is 0 Å². The minimum atomic E-state index is -1.11. The third kappa shape index (κ3) is 5.58. The van der Waals surface area contributed by atoms with Crippen LogP contribution in [0.25, 0.3) is 0 Å². The molecule has 0 heterocycles. The summed E-state index contributed by atoms with van der Waals surface area (Å²) in [5.41, 5.74) is 3.66. The normalized spacial score (nSPS) is 13.5. The van der Waals surface area contributed by atoms with E-state index >= 15 is 0 Å². The molecule has 3 amide bonds. The van der Waals surface area contributed by atoms with Crippen molar-refractivity contribution in [2.45, 2.75) is 40.7 Å². The molecule has 0 bridgehead atoms. The van der Waals surface area contributed by atoms with Crippen LogP contribution in [-0.4, -0.2) is 35.6 Å². The molecule has 7 nitrogen and oxygen atoms in total. The summed E-state index contributed by atoms with van der Waals surface area (Å²) >= 11 is 0. The first-order valence-electron chi connectivity index (χ1n) is 5.95. The molecular formula is C12H23N3O4. The second kappa shape index (κ2) is 5.90. The van der Waals surface area contributed by atoms with Crippen LogP contribution in [0, 0.1) is 10.8 Å². The fraction of sp³-hybridized carbons (Fsp3) is 0.750. The first-order chi connectivity index (χ1) is 8.38. The van der Waals surface area contributed by atoms with Crippen LogP contribution in [0.2, 0.25) is 0 Å². The highest BCUT2D eigenvalue weighted by Gasteiger charge is 2.33.